The van der Waals surface area contributed by atoms with E-state index >= 15 is 0 Å². The average Bonchev–Trinajstić information content (AvgIpc) is 3.69. The van der Waals surface area contributed by atoms with Crippen molar-refractivity contribution in [2.24, 2.45) is 5.41 Å². The van der Waals surface area contributed by atoms with Gasteiger partial charge in [-0.2, -0.15) is 0 Å². The first-order valence-electron chi connectivity index (χ1n) is 13.4. The largest absolute Gasteiger partial charge is 0.493 e. The number of hydrogen-bond donors (Lipinski definition) is 2. The first-order chi connectivity index (χ1) is 18.9. The third kappa shape index (κ3) is 4.74. The predicted octanol–water partition coefficient (Wildman–Crippen LogP) is 3.76. The normalized spacial score (nSPS) is 22.9. The van der Waals surface area contributed by atoms with Crippen LogP contribution >= 0.6 is 0 Å². The first kappa shape index (κ1) is 27.8. The Labute approximate surface area is 233 Å². The molecule has 2 amide bonds. The second kappa shape index (κ2) is 9.99. The summed E-state index contributed by atoms with van der Waals surface area (Å²) in [5.74, 6) is -0.519. The minimum Gasteiger partial charge on any atom is -0.493 e. The zero-order chi connectivity index (χ0) is 29.0. The van der Waals surface area contributed by atoms with Gasteiger partial charge in [0, 0.05) is 11.1 Å². The van der Waals surface area contributed by atoms with Crippen molar-refractivity contribution in [3.8, 4) is 17.2 Å². The summed E-state index contributed by atoms with van der Waals surface area (Å²) in [5, 5.41) is 12.2. The third-order valence-corrected chi connectivity index (χ3v) is 7.92. The zero-order valence-corrected chi connectivity index (χ0v) is 23.7. The number of para-hydroxylation sites is 1. The van der Waals surface area contributed by atoms with Crippen molar-refractivity contribution in [1.82, 2.24) is 5.32 Å². The molecule has 2 aromatic carbocycles. The summed E-state index contributed by atoms with van der Waals surface area (Å²) >= 11 is 0. The van der Waals surface area contributed by atoms with Gasteiger partial charge in [-0.25, -0.2) is 4.79 Å². The molecule has 3 aliphatic rings. The summed E-state index contributed by atoms with van der Waals surface area (Å²) < 4.78 is 24.1. The number of rotatable bonds is 7. The summed E-state index contributed by atoms with van der Waals surface area (Å²) in [4.78, 5) is 41.0. The van der Waals surface area contributed by atoms with Gasteiger partial charge in [0.2, 0.25) is 5.91 Å². The van der Waals surface area contributed by atoms with Crippen molar-refractivity contribution in [2.45, 2.75) is 70.7 Å². The van der Waals surface area contributed by atoms with Gasteiger partial charge < -0.3 is 29.4 Å². The van der Waals surface area contributed by atoms with Gasteiger partial charge in [-0.1, -0.05) is 39.0 Å². The lowest BCUT2D eigenvalue weighted by Gasteiger charge is -2.44. The number of carbonyl (C=O) groups excluding carboxylic acids is 2. The number of ether oxygens (including phenoxy) is 4. The number of carbonyl (C=O) groups is 3. The maximum absolute atomic E-state index is 14.4. The van der Waals surface area contributed by atoms with Gasteiger partial charge in [0.1, 0.15) is 30.1 Å². The van der Waals surface area contributed by atoms with E-state index in [0.717, 1.165) is 5.56 Å². The number of amides is 2. The predicted molar refractivity (Wildman–Crippen MR) is 146 cm³/mol. The summed E-state index contributed by atoms with van der Waals surface area (Å²) in [7, 11) is 3.08. The molecule has 214 valence electrons. The molecular formula is C30H36N2O8. The number of nitrogens with zero attached hydrogens (tertiary/aromatic N) is 1. The monoisotopic (exact) mass is 552 g/mol. The molecule has 1 aliphatic carbocycles. The molecule has 40 heavy (non-hydrogen) atoms. The van der Waals surface area contributed by atoms with E-state index in [-0.39, 0.29) is 30.4 Å². The Bertz CT molecular complexity index is 1360. The molecule has 0 spiro atoms. The molecule has 0 radical (unpaired) electrons. The summed E-state index contributed by atoms with van der Waals surface area (Å²) in [6.07, 6.45) is -1.66. The van der Waals surface area contributed by atoms with E-state index in [1.165, 1.54) is 7.11 Å². The van der Waals surface area contributed by atoms with Gasteiger partial charge in [0.25, 0.3) is 5.91 Å². The van der Waals surface area contributed by atoms with Gasteiger partial charge in [-0.3, -0.25) is 14.5 Å². The van der Waals surface area contributed by atoms with E-state index in [2.05, 4.69) is 5.32 Å². The van der Waals surface area contributed by atoms with E-state index in [1.54, 1.807) is 18.1 Å². The highest BCUT2D eigenvalue weighted by Gasteiger charge is 2.53. The molecule has 2 N–H and O–H groups in total. The molecule has 1 fully saturated rings. The molecule has 0 aromatic heterocycles. The van der Waals surface area contributed by atoms with Crippen LogP contribution in [0.2, 0.25) is 0 Å². The lowest BCUT2D eigenvalue weighted by atomic mass is 9.84. The highest BCUT2D eigenvalue weighted by Crippen LogP contribution is 2.51. The molecule has 2 aliphatic heterocycles. The SMILES string of the molecule is COc1cccc([C@H]2O[C@H](CC(=O)NC3(C(=O)O)CC3)C(=O)N3c4c(cc(C)cc42)OC[C@H]3C(C)(C)C)c1OC. The topological polar surface area (TPSA) is 124 Å². The smallest absolute Gasteiger partial charge is 0.329 e. The maximum Gasteiger partial charge on any atom is 0.329 e. The van der Waals surface area contributed by atoms with E-state index in [0.29, 0.717) is 46.9 Å². The van der Waals surface area contributed by atoms with Crippen molar-refractivity contribution in [1.29, 1.82) is 0 Å². The van der Waals surface area contributed by atoms with Crippen molar-refractivity contribution >= 4 is 23.5 Å². The van der Waals surface area contributed by atoms with Crippen molar-refractivity contribution in [2.75, 3.05) is 25.7 Å². The maximum atomic E-state index is 14.4. The Morgan fingerprint density at radius 1 is 1.15 bits per heavy atom. The molecule has 3 atom stereocenters. The standard InChI is InChI=1S/C30H36N2O8/c1-16-12-18-24-20(13-16)39-15-22(29(2,3)4)32(24)27(34)21(14-23(33)31-30(10-11-30)28(35)36)40-25(18)17-8-7-9-19(37-5)26(17)38-6/h7-9,12-13,21-22,25H,10-11,14-15H2,1-6H3,(H,31,33)(H,35,36)/t21-,22+,25-/m1/s1. The van der Waals surface area contributed by atoms with Crippen molar-refractivity contribution < 1.29 is 38.4 Å². The lowest BCUT2D eigenvalue weighted by Crippen LogP contribution is -2.56. The average molecular weight is 553 g/mol. The molecular weight excluding hydrogens is 516 g/mol. The molecule has 0 saturated heterocycles. The summed E-state index contributed by atoms with van der Waals surface area (Å²) in [6.45, 7) is 8.32. The Morgan fingerprint density at radius 3 is 2.48 bits per heavy atom. The van der Waals surface area contributed by atoms with Crippen LogP contribution in [0.5, 0.6) is 17.2 Å². The van der Waals surface area contributed by atoms with Gasteiger partial charge in [-0.15, -0.1) is 0 Å². The number of hydrogen-bond acceptors (Lipinski definition) is 7. The fourth-order valence-electron chi connectivity index (χ4n) is 5.59. The highest BCUT2D eigenvalue weighted by molar-refractivity contribution is 6.03. The zero-order valence-electron chi connectivity index (χ0n) is 23.7. The number of benzene rings is 2. The second-order valence-corrected chi connectivity index (χ2v) is 11.8. The Balaban J connectivity index is 1.66. The van der Waals surface area contributed by atoms with Crippen LogP contribution in [0.25, 0.3) is 0 Å². The van der Waals surface area contributed by atoms with E-state index < -0.39 is 29.6 Å². The second-order valence-electron chi connectivity index (χ2n) is 11.8. The third-order valence-electron chi connectivity index (χ3n) is 7.92. The molecule has 5 rings (SSSR count). The fourth-order valence-corrected chi connectivity index (χ4v) is 5.59. The number of methoxy groups -OCH3 is 2. The Hall–Kier alpha value is -3.79. The number of nitrogens with one attached hydrogen (secondary N) is 1. The molecule has 2 heterocycles. The number of carboxylic acids is 1. The van der Waals surface area contributed by atoms with Gasteiger partial charge in [0.05, 0.1) is 32.4 Å². The van der Waals surface area contributed by atoms with Crippen LogP contribution in [0.3, 0.4) is 0 Å². The van der Waals surface area contributed by atoms with Gasteiger partial charge in [0.15, 0.2) is 11.5 Å². The van der Waals surface area contributed by atoms with Gasteiger partial charge >= 0.3 is 5.97 Å². The highest BCUT2D eigenvalue weighted by atomic mass is 16.5. The molecule has 0 bridgehead atoms. The number of anilines is 1. The Morgan fingerprint density at radius 2 is 1.88 bits per heavy atom. The van der Waals surface area contributed by atoms with Crippen LogP contribution in [-0.2, 0) is 19.1 Å². The van der Waals surface area contributed by atoms with Crippen molar-refractivity contribution in [3.63, 3.8) is 0 Å². The fraction of sp³-hybridized carbons (Fsp3) is 0.500. The number of carboxylic acid groups (broad SMARTS) is 1. The lowest BCUT2D eigenvalue weighted by molar-refractivity contribution is -0.145. The van der Waals surface area contributed by atoms with Crippen LogP contribution < -0.4 is 24.4 Å². The molecule has 0 unspecified atom stereocenters. The van der Waals surface area contributed by atoms with E-state index in [4.69, 9.17) is 18.9 Å². The van der Waals surface area contributed by atoms with E-state index in [9.17, 15) is 19.5 Å². The minimum atomic E-state index is -1.28. The van der Waals surface area contributed by atoms with Crippen LogP contribution in [0.15, 0.2) is 30.3 Å². The summed E-state index contributed by atoms with van der Waals surface area (Å²) in [5.41, 5.74) is 1.20. The first-order valence-corrected chi connectivity index (χ1v) is 13.4. The van der Waals surface area contributed by atoms with Crippen LogP contribution in [0.4, 0.5) is 5.69 Å². The minimum absolute atomic E-state index is 0.277. The molecule has 1 saturated carbocycles. The van der Waals surface area contributed by atoms with Crippen LogP contribution in [0, 0.1) is 12.3 Å². The molecule has 10 nitrogen and oxygen atoms in total. The van der Waals surface area contributed by atoms with E-state index in [1.807, 2.05) is 52.0 Å². The molecule has 10 heteroatoms. The van der Waals surface area contributed by atoms with Crippen LogP contribution in [0.1, 0.15) is 62.8 Å². The Kier molecular flexibility index (Phi) is 6.94. The van der Waals surface area contributed by atoms with Crippen molar-refractivity contribution in [3.05, 3.63) is 47.0 Å². The summed E-state index contributed by atoms with van der Waals surface area (Å²) in [6, 6.07) is 8.94. The molecule has 2 aromatic rings. The van der Waals surface area contributed by atoms with Crippen LogP contribution in [-0.4, -0.2) is 61.4 Å². The number of aliphatic carboxylic acids is 1. The number of aryl methyl sites for hydroxylation is 1. The quantitative estimate of drug-likeness (QED) is 0.532. The van der Waals surface area contributed by atoms with Gasteiger partial charge in [-0.05, 0) is 42.9 Å².